The number of hydrogen-bond acceptors (Lipinski definition) is 1. The summed E-state index contributed by atoms with van der Waals surface area (Å²) in [6.07, 6.45) is 0. The van der Waals surface area contributed by atoms with E-state index >= 15 is 0 Å². The number of benzene rings is 5. The summed E-state index contributed by atoms with van der Waals surface area (Å²) in [5, 5.41) is 0. The largest absolute Gasteiger partial charge is 0.310 e. The number of anilines is 3. The Balaban J connectivity index is 1.52. The van der Waals surface area contributed by atoms with E-state index in [-0.39, 0.29) is 0 Å². The van der Waals surface area contributed by atoms with Crippen molar-refractivity contribution in [2.75, 3.05) is 4.90 Å². The molecule has 0 atom stereocenters. The Bertz CT molecular complexity index is 1140. The van der Waals surface area contributed by atoms with Crippen LogP contribution in [-0.4, -0.2) is 0 Å². The predicted octanol–water partition coefficient (Wildman–Crippen LogP) is 8.29. The van der Waals surface area contributed by atoms with E-state index in [1.165, 1.54) is 22.3 Å². The minimum Gasteiger partial charge on any atom is -0.310 e. The molecule has 0 bridgehead atoms. The molecule has 5 aromatic rings. The van der Waals surface area contributed by atoms with Crippen LogP contribution in [0.4, 0.5) is 17.1 Å². The van der Waals surface area contributed by atoms with Crippen LogP contribution in [0.3, 0.4) is 0 Å². The summed E-state index contributed by atoms with van der Waals surface area (Å²) in [4.78, 5) is 2.24. The number of para-hydroxylation sites is 1. The molecule has 0 fully saturated rings. The molecule has 0 heterocycles. The highest BCUT2D eigenvalue weighted by Crippen LogP contribution is 2.36. The van der Waals surface area contributed by atoms with Gasteiger partial charge in [0.1, 0.15) is 0 Å². The topological polar surface area (TPSA) is 3.24 Å². The third-order valence-electron chi connectivity index (χ3n) is 5.40. The second kappa shape index (κ2) is 8.73. The van der Waals surface area contributed by atoms with Crippen LogP contribution < -0.4 is 4.90 Å². The van der Waals surface area contributed by atoms with E-state index in [1.54, 1.807) is 0 Å². The number of rotatable bonds is 5. The van der Waals surface area contributed by atoms with Gasteiger partial charge in [-0.05, 0) is 52.6 Å². The van der Waals surface area contributed by atoms with Gasteiger partial charge >= 0.3 is 0 Å². The Morgan fingerprint density at radius 1 is 0.387 bits per heavy atom. The fourth-order valence-corrected chi connectivity index (χ4v) is 3.82. The Kier molecular flexibility index (Phi) is 5.32. The molecule has 0 amide bonds. The first kappa shape index (κ1) is 18.9. The Hall–Kier alpha value is -4.10. The zero-order valence-electron chi connectivity index (χ0n) is 17.1. The predicted molar refractivity (Wildman–Crippen MR) is 131 cm³/mol. The van der Waals surface area contributed by atoms with Crippen molar-refractivity contribution in [2.45, 2.75) is 0 Å². The van der Waals surface area contributed by atoms with Gasteiger partial charge in [-0.2, -0.15) is 0 Å². The normalized spacial score (nSPS) is 10.6. The van der Waals surface area contributed by atoms with Crippen molar-refractivity contribution >= 4 is 17.1 Å². The van der Waals surface area contributed by atoms with E-state index in [9.17, 15) is 0 Å². The molecule has 5 rings (SSSR count). The molecule has 0 unspecified atom stereocenters. The first-order chi connectivity index (χ1) is 15.4. The van der Waals surface area contributed by atoms with Gasteiger partial charge < -0.3 is 4.90 Å². The van der Waals surface area contributed by atoms with Gasteiger partial charge in [-0.1, -0.05) is 103 Å². The van der Waals surface area contributed by atoms with Crippen LogP contribution in [0.5, 0.6) is 0 Å². The molecule has 1 nitrogen and oxygen atoms in total. The molecule has 0 aliphatic heterocycles. The second-order valence-electron chi connectivity index (χ2n) is 7.41. The van der Waals surface area contributed by atoms with Gasteiger partial charge in [0.05, 0.1) is 5.69 Å². The van der Waals surface area contributed by atoms with Crippen molar-refractivity contribution < 1.29 is 0 Å². The Morgan fingerprint density at radius 2 is 0.806 bits per heavy atom. The van der Waals surface area contributed by atoms with Crippen molar-refractivity contribution in [3.63, 3.8) is 0 Å². The molecule has 0 aliphatic rings. The summed E-state index contributed by atoms with van der Waals surface area (Å²) >= 11 is 0. The fourth-order valence-electron chi connectivity index (χ4n) is 3.82. The van der Waals surface area contributed by atoms with Crippen LogP contribution >= 0.6 is 0 Å². The summed E-state index contributed by atoms with van der Waals surface area (Å²) in [7, 11) is 0. The lowest BCUT2D eigenvalue weighted by Gasteiger charge is -2.25. The van der Waals surface area contributed by atoms with Crippen LogP contribution in [-0.2, 0) is 0 Å². The molecule has 147 valence electrons. The molecule has 1 heteroatoms. The number of nitrogens with zero attached hydrogens (tertiary/aromatic N) is 1. The summed E-state index contributed by atoms with van der Waals surface area (Å²) in [5.74, 6) is 0. The molecular weight excluding hydrogens is 374 g/mol. The molecule has 0 spiro atoms. The summed E-state index contributed by atoms with van der Waals surface area (Å²) in [6, 6.07) is 49.8. The fraction of sp³-hybridized carbons (Fsp3) is 0. The molecule has 31 heavy (non-hydrogen) atoms. The SMILES string of the molecule is [c]1ccccc1N(c1ccc(-c2ccccc2)cc1)c1ccc(-c2ccccc2)cc1. The van der Waals surface area contributed by atoms with Crippen LogP contribution in [0.25, 0.3) is 22.3 Å². The monoisotopic (exact) mass is 396 g/mol. The molecule has 0 N–H and O–H groups in total. The summed E-state index contributed by atoms with van der Waals surface area (Å²) in [6.45, 7) is 0. The standard InChI is InChI=1S/C30H22N/c1-4-10-24(11-5-1)26-16-20-29(21-17-26)31(28-14-8-3-9-15-28)30-22-18-27(19-23-30)25-12-6-2-7-13-25/h1-14,16-23H. The maximum atomic E-state index is 3.38. The van der Waals surface area contributed by atoms with Gasteiger partial charge in [0, 0.05) is 17.4 Å². The van der Waals surface area contributed by atoms with Crippen LogP contribution in [0.2, 0.25) is 0 Å². The van der Waals surface area contributed by atoms with E-state index in [2.05, 4.69) is 120 Å². The molecule has 0 saturated heterocycles. The smallest absolute Gasteiger partial charge is 0.0540 e. The minimum atomic E-state index is 1.02. The lowest BCUT2D eigenvalue weighted by molar-refractivity contribution is 1.28. The van der Waals surface area contributed by atoms with Crippen molar-refractivity contribution in [3.8, 4) is 22.3 Å². The molecular formula is C30H22N. The van der Waals surface area contributed by atoms with E-state index in [0.29, 0.717) is 0 Å². The van der Waals surface area contributed by atoms with Gasteiger partial charge in [0.15, 0.2) is 0 Å². The van der Waals surface area contributed by atoms with Crippen LogP contribution in [0.15, 0.2) is 133 Å². The van der Waals surface area contributed by atoms with Crippen molar-refractivity contribution in [1.82, 2.24) is 0 Å². The lowest BCUT2D eigenvalue weighted by atomic mass is 10.0. The van der Waals surface area contributed by atoms with Crippen LogP contribution in [0, 0.1) is 6.07 Å². The second-order valence-corrected chi connectivity index (χ2v) is 7.41. The highest BCUT2D eigenvalue weighted by molar-refractivity contribution is 5.79. The van der Waals surface area contributed by atoms with E-state index in [0.717, 1.165) is 17.1 Å². The zero-order valence-corrected chi connectivity index (χ0v) is 17.1. The average Bonchev–Trinajstić information content (AvgIpc) is 2.87. The molecule has 0 aromatic heterocycles. The first-order valence-electron chi connectivity index (χ1n) is 10.5. The maximum Gasteiger partial charge on any atom is 0.0540 e. The molecule has 0 saturated carbocycles. The minimum absolute atomic E-state index is 1.02. The van der Waals surface area contributed by atoms with Gasteiger partial charge in [0.25, 0.3) is 0 Å². The average molecular weight is 397 g/mol. The van der Waals surface area contributed by atoms with E-state index in [1.807, 2.05) is 24.3 Å². The summed E-state index contributed by atoms with van der Waals surface area (Å²) in [5.41, 5.74) is 8.09. The van der Waals surface area contributed by atoms with Crippen molar-refractivity contribution in [1.29, 1.82) is 0 Å². The van der Waals surface area contributed by atoms with Crippen LogP contribution in [0.1, 0.15) is 0 Å². The van der Waals surface area contributed by atoms with Crippen molar-refractivity contribution in [3.05, 3.63) is 140 Å². The highest BCUT2D eigenvalue weighted by Gasteiger charge is 2.13. The van der Waals surface area contributed by atoms with Gasteiger partial charge in [0.2, 0.25) is 0 Å². The number of hydrogen-bond donors (Lipinski definition) is 0. The zero-order chi connectivity index (χ0) is 20.9. The van der Waals surface area contributed by atoms with E-state index < -0.39 is 0 Å². The van der Waals surface area contributed by atoms with Gasteiger partial charge in [-0.25, -0.2) is 0 Å². The first-order valence-corrected chi connectivity index (χ1v) is 10.5. The van der Waals surface area contributed by atoms with E-state index in [4.69, 9.17) is 0 Å². The molecule has 1 radical (unpaired) electrons. The Labute approximate surface area is 183 Å². The van der Waals surface area contributed by atoms with Gasteiger partial charge in [-0.15, -0.1) is 0 Å². The van der Waals surface area contributed by atoms with Crippen molar-refractivity contribution in [2.24, 2.45) is 0 Å². The van der Waals surface area contributed by atoms with Gasteiger partial charge in [-0.3, -0.25) is 0 Å². The molecule has 0 aliphatic carbocycles. The summed E-state index contributed by atoms with van der Waals surface area (Å²) < 4.78 is 0. The lowest BCUT2D eigenvalue weighted by Crippen LogP contribution is -2.09. The quantitative estimate of drug-likeness (QED) is 0.289. The maximum absolute atomic E-state index is 3.38. The third kappa shape index (κ3) is 4.12. The Morgan fingerprint density at radius 3 is 1.23 bits per heavy atom. The third-order valence-corrected chi connectivity index (χ3v) is 5.40. The molecule has 5 aromatic carbocycles. The highest BCUT2D eigenvalue weighted by atomic mass is 15.1.